The third kappa shape index (κ3) is 5.78. The molecule has 0 aliphatic rings. The van der Waals surface area contributed by atoms with E-state index < -0.39 is 0 Å². The molecule has 17 heavy (non-hydrogen) atoms. The van der Waals surface area contributed by atoms with E-state index >= 15 is 0 Å². The quantitative estimate of drug-likeness (QED) is 0.666. The SMILES string of the molecule is CCCCCCCCC(NC)c1ccncn1. The van der Waals surface area contributed by atoms with E-state index in [1.165, 1.54) is 44.9 Å². The van der Waals surface area contributed by atoms with E-state index in [1.807, 2.05) is 19.3 Å². The van der Waals surface area contributed by atoms with Crippen molar-refractivity contribution in [1.29, 1.82) is 0 Å². The monoisotopic (exact) mass is 235 g/mol. The van der Waals surface area contributed by atoms with Crippen LogP contribution in [0, 0.1) is 0 Å². The molecule has 0 aliphatic heterocycles. The van der Waals surface area contributed by atoms with Gasteiger partial charge in [-0.25, -0.2) is 9.97 Å². The molecule has 1 heterocycles. The van der Waals surface area contributed by atoms with Gasteiger partial charge in [-0.2, -0.15) is 0 Å². The van der Waals surface area contributed by atoms with Crippen LogP contribution in [-0.2, 0) is 0 Å². The normalized spacial score (nSPS) is 12.6. The van der Waals surface area contributed by atoms with Crippen LogP contribution in [0.3, 0.4) is 0 Å². The summed E-state index contributed by atoms with van der Waals surface area (Å²) in [5, 5.41) is 3.33. The molecule has 0 amide bonds. The average molecular weight is 235 g/mol. The summed E-state index contributed by atoms with van der Waals surface area (Å²) in [5.74, 6) is 0. The Hall–Kier alpha value is -0.960. The number of unbranched alkanes of at least 4 members (excludes halogenated alkanes) is 5. The van der Waals surface area contributed by atoms with E-state index in [0.29, 0.717) is 6.04 Å². The van der Waals surface area contributed by atoms with Crippen molar-refractivity contribution in [3.63, 3.8) is 0 Å². The van der Waals surface area contributed by atoms with Crippen molar-refractivity contribution in [1.82, 2.24) is 15.3 Å². The maximum Gasteiger partial charge on any atom is 0.115 e. The Morgan fingerprint density at radius 3 is 2.59 bits per heavy atom. The average Bonchev–Trinajstić information content (AvgIpc) is 2.39. The maximum atomic E-state index is 4.30. The first-order chi connectivity index (χ1) is 8.38. The van der Waals surface area contributed by atoms with E-state index in [2.05, 4.69) is 22.2 Å². The van der Waals surface area contributed by atoms with Gasteiger partial charge in [-0.15, -0.1) is 0 Å². The summed E-state index contributed by atoms with van der Waals surface area (Å²) in [4.78, 5) is 8.26. The second kappa shape index (κ2) is 9.11. The molecule has 1 rings (SSSR count). The molecule has 0 aliphatic carbocycles. The van der Waals surface area contributed by atoms with Crippen molar-refractivity contribution in [3.05, 3.63) is 24.3 Å². The fraction of sp³-hybridized carbons (Fsp3) is 0.714. The fourth-order valence-electron chi connectivity index (χ4n) is 2.08. The van der Waals surface area contributed by atoms with Gasteiger partial charge in [0.15, 0.2) is 0 Å². The Morgan fingerprint density at radius 2 is 1.94 bits per heavy atom. The van der Waals surface area contributed by atoms with Gasteiger partial charge in [0.2, 0.25) is 0 Å². The smallest absolute Gasteiger partial charge is 0.115 e. The Balaban J connectivity index is 2.20. The zero-order valence-electron chi connectivity index (χ0n) is 11.2. The first-order valence-electron chi connectivity index (χ1n) is 6.81. The Morgan fingerprint density at radius 1 is 1.18 bits per heavy atom. The van der Waals surface area contributed by atoms with E-state index in [9.17, 15) is 0 Å². The molecule has 3 heteroatoms. The molecule has 3 nitrogen and oxygen atoms in total. The third-order valence-corrected chi connectivity index (χ3v) is 3.16. The predicted molar refractivity (Wildman–Crippen MR) is 71.8 cm³/mol. The zero-order valence-corrected chi connectivity index (χ0v) is 11.2. The van der Waals surface area contributed by atoms with Crippen LogP contribution in [0.5, 0.6) is 0 Å². The van der Waals surface area contributed by atoms with E-state index in [4.69, 9.17) is 0 Å². The summed E-state index contributed by atoms with van der Waals surface area (Å²) in [6.07, 6.45) is 12.7. The van der Waals surface area contributed by atoms with Crippen LogP contribution in [-0.4, -0.2) is 17.0 Å². The van der Waals surface area contributed by atoms with Crippen molar-refractivity contribution >= 4 is 0 Å². The Bertz CT molecular complexity index is 274. The molecule has 0 bridgehead atoms. The molecular formula is C14H25N3. The van der Waals surface area contributed by atoms with Gasteiger partial charge in [-0.1, -0.05) is 45.4 Å². The highest BCUT2D eigenvalue weighted by Crippen LogP contribution is 2.17. The molecule has 0 radical (unpaired) electrons. The van der Waals surface area contributed by atoms with Crippen molar-refractivity contribution in [2.75, 3.05) is 7.05 Å². The summed E-state index contributed by atoms with van der Waals surface area (Å²) in [6.45, 7) is 2.26. The summed E-state index contributed by atoms with van der Waals surface area (Å²) < 4.78 is 0. The number of hydrogen-bond acceptors (Lipinski definition) is 3. The molecule has 1 unspecified atom stereocenters. The molecule has 1 atom stereocenters. The molecule has 0 aromatic carbocycles. The minimum atomic E-state index is 0.379. The lowest BCUT2D eigenvalue weighted by Crippen LogP contribution is -2.17. The van der Waals surface area contributed by atoms with Crippen LogP contribution in [0.2, 0.25) is 0 Å². The molecule has 0 fully saturated rings. The van der Waals surface area contributed by atoms with Gasteiger partial charge in [0, 0.05) is 12.2 Å². The van der Waals surface area contributed by atoms with Gasteiger partial charge in [-0.05, 0) is 19.5 Å². The highest BCUT2D eigenvalue weighted by atomic mass is 14.9. The van der Waals surface area contributed by atoms with Gasteiger partial charge in [0.05, 0.1) is 5.69 Å². The number of nitrogens with zero attached hydrogens (tertiary/aromatic N) is 2. The zero-order chi connectivity index (χ0) is 12.3. The molecule has 0 saturated heterocycles. The van der Waals surface area contributed by atoms with Crippen LogP contribution in [0.4, 0.5) is 0 Å². The molecule has 0 saturated carbocycles. The lowest BCUT2D eigenvalue weighted by Gasteiger charge is -2.14. The molecular weight excluding hydrogens is 210 g/mol. The maximum absolute atomic E-state index is 4.30. The first-order valence-corrected chi connectivity index (χ1v) is 6.81. The molecule has 1 N–H and O–H groups in total. The summed E-state index contributed by atoms with van der Waals surface area (Å²) in [6, 6.07) is 2.38. The summed E-state index contributed by atoms with van der Waals surface area (Å²) in [7, 11) is 2.00. The van der Waals surface area contributed by atoms with Gasteiger partial charge in [-0.3, -0.25) is 0 Å². The van der Waals surface area contributed by atoms with E-state index in [1.54, 1.807) is 6.33 Å². The minimum absolute atomic E-state index is 0.379. The lowest BCUT2D eigenvalue weighted by molar-refractivity contribution is 0.488. The fourth-order valence-corrected chi connectivity index (χ4v) is 2.08. The van der Waals surface area contributed by atoms with Crippen LogP contribution in [0.15, 0.2) is 18.6 Å². The molecule has 96 valence electrons. The number of hydrogen-bond donors (Lipinski definition) is 1. The Kier molecular flexibility index (Phi) is 7.56. The van der Waals surface area contributed by atoms with E-state index in [-0.39, 0.29) is 0 Å². The second-order valence-corrected chi connectivity index (χ2v) is 4.53. The minimum Gasteiger partial charge on any atom is -0.312 e. The van der Waals surface area contributed by atoms with Gasteiger partial charge in [0.1, 0.15) is 6.33 Å². The standard InChI is InChI=1S/C14H25N3/c1-3-4-5-6-7-8-9-13(15-2)14-10-11-16-12-17-14/h10-13,15H,3-9H2,1-2H3. The van der Waals surface area contributed by atoms with Gasteiger partial charge in [0.25, 0.3) is 0 Å². The predicted octanol–water partition coefficient (Wildman–Crippen LogP) is 3.49. The second-order valence-electron chi connectivity index (χ2n) is 4.53. The van der Waals surface area contributed by atoms with Crippen molar-refractivity contribution in [3.8, 4) is 0 Å². The highest BCUT2D eigenvalue weighted by molar-refractivity contribution is 5.04. The Labute approximate surface area is 105 Å². The first kappa shape index (κ1) is 14.1. The van der Waals surface area contributed by atoms with Crippen LogP contribution in [0.25, 0.3) is 0 Å². The van der Waals surface area contributed by atoms with Crippen molar-refractivity contribution in [2.24, 2.45) is 0 Å². The van der Waals surface area contributed by atoms with Crippen LogP contribution < -0.4 is 5.32 Å². The highest BCUT2D eigenvalue weighted by Gasteiger charge is 2.09. The van der Waals surface area contributed by atoms with Crippen LogP contribution >= 0.6 is 0 Å². The number of aromatic nitrogens is 2. The van der Waals surface area contributed by atoms with Gasteiger partial charge < -0.3 is 5.32 Å². The lowest BCUT2D eigenvalue weighted by atomic mass is 10.0. The van der Waals surface area contributed by atoms with Gasteiger partial charge >= 0.3 is 0 Å². The molecule has 1 aromatic rings. The van der Waals surface area contributed by atoms with Crippen molar-refractivity contribution in [2.45, 2.75) is 57.9 Å². The number of rotatable bonds is 9. The van der Waals surface area contributed by atoms with Crippen LogP contribution in [0.1, 0.15) is 63.6 Å². The molecule has 1 aromatic heterocycles. The van der Waals surface area contributed by atoms with Crippen molar-refractivity contribution < 1.29 is 0 Å². The van der Waals surface area contributed by atoms with E-state index in [0.717, 1.165) is 5.69 Å². The summed E-state index contributed by atoms with van der Waals surface area (Å²) >= 11 is 0. The number of nitrogens with one attached hydrogen (secondary N) is 1. The molecule has 0 spiro atoms. The summed E-state index contributed by atoms with van der Waals surface area (Å²) in [5.41, 5.74) is 1.11. The third-order valence-electron chi connectivity index (χ3n) is 3.16. The largest absolute Gasteiger partial charge is 0.312 e. The topological polar surface area (TPSA) is 37.8 Å².